The maximum atomic E-state index is 12.7. The molecule has 1 amide bonds. The summed E-state index contributed by atoms with van der Waals surface area (Å²) in [5.41, 5.74) is 1.20. The van der Waals surface area contributed by atoms with E-state index in [-0.39, 0.29) is 18.4 Å². The number of nitrogens with zero attached hydrogens (tertiary/aromatic N) is 1. The van der Waals surface area contributed by atoms with Gasteiger partial charge in [-0.1, -0.05) is 29.8 Å². The third-order valence-electron chi connectivity index (χ3n) is 4.57. The Balaban J connectivity index is 1.42. The predicted octanol–water partition coefficient (Wildman–Crippen LogP) is 3.85. The summed E-state index contributed by atoms with van der Waals surface area (Å²) in [6.07, 6.45) is 1.42. The first kappa shape index (κ1) is 21.6. The van der Waals surface area contributed by atoms with Crippen molar-refractivity contribution in [2.75, 3.05) is 25.4 Å². The molecule has 0 spiro atoms. The zero-order chi connectivity index (χ0) is 20.0. The lowest BCUT2D eigenvalue weighted by Gasteiger charge is -2.30. The molecule has 1 aromatic heterocycles. The number of benzene rings is 1. The highest BCUT2D eigenvalue weighted by molar-refractivity contribution is 7.98. The molecule has 0 radical (unpaired) electrons. The lowest BCUT2D eigenvalue weighted by molar-refractivity contribution is -0.125. The highest BCUT2D eigenvalue weighted by Gasteiger charge is 2.33. The maximum Gasteiger partial charge on any atom is 0.252 e. The van der Waals surface area contributed by atoms with Crippen molar-refractivity contribution in [1.82, 2.24) is 9.62 Å². The van der Waals surface area contributed by atoms with Gasteiger partial charge in [-0.05, 0) is 42.0 Å². The Hall–Kier alpha value is -1.06. The lowest BCUT2D eigenvalue weighted by atomic mass is 9.99. The minimum Gasteiger partial charge on any atom is -0.355 e. The van der Waals surface area contributed by atoms with Crippen molar-refractivity contribution >= 4 is 50.6 Å². The van der Waals surface area contributed by atoms with E-state index in [9.17, 15) is 13.2 Å². The van der Waals surface area contributed by atoms with Gasteiger partial charge in [0.2, 0.25) is 5.91 Å². The summed E-state index contributed by atoms with van der Waals surface area (Å²) in [7, 11) is -3.49. The second-order valence-electron chi connectivity index (χ2n) is 6.60. The number of carbonyl (C=O) groups is 1. The SMILES string of the molecule is O=C(NCCSCc1ccc(Cl)cc1)C1CCCN(S(=O)(=O)c2cccs2)C1. The largest absolute Gasteiger partial charge is 0.355 e. The average molecular weight is 459 g/mol. The molecule has 1 N–H and O–H groups in total. The van der Waals surface area contributed by atoms with Crippen LogP contribution in [-0.4, -0.2) is 44.0 Å². The lowest BCUT2D eigenvalue weighted by Crippen LogP contribution is -2.45. The molecule has 1 aliphatic rings. The fourth-order valence-corrected chi connectivity index (χ4v) is 6.69. The van der Waals surface area contributed by atoms with Crippen LogP contribution in [0.5, 0.6) is 0 Å². The molecule has 2 aromatic rings. The van der Waals surface area contributed by atoms with Gasteiger partial charge < -0.3 is 5.32 Å². The van der Waals surface area contributed by atoms with E-state index in [4.69, 9.17) is 11.6 Å². The second-order valence-corrected chi connectivity index (χ2v) is 11.3. The van der Waals surface area contributed by atoms with Crippen LogP contribution in [0.25, 0.3) is 0 Å². The Labute approximate surface area is 179 Å². The molecule has 1 fully saturated rings. The van der Waals surface area contributed by atoms with E-state index in [1.807, 2.05) is 24.3 Å². The average Bonchev–Trinajstić information content (AvgIpc) is 3.25. The molecule has 152 valence electrons. The van der Waals surface area contributed by atoms with E-state index in [2.05, 4.69) is 5.32 Å². The number of halogens is 1. The van der Waals surface area contributed by atoms with Gasteiger partial charge in [-0.25, -0.2) is 8.42 Å². The monoisotopic (exact) mass is 458 g/mol. The molecule has 1 atom stereocenters. The summed E-state index contributed by atoms with van der Waals surface area (Å²) < 4.78 is 27.1. The van der Waals surface area contributed by atoms with Crippen LogP contribution < -0.4 is 5.32 Å². The van der Waals surface area contributed by atoms with E-state index in [1.165, 1.54) is 21.2 Å². The zero-order valence-corrected chi connectivity index (χ0v) is 18.5. The second kappa shape index (κ2) is 10.1. The van der Waals surface area contributed by atoms with Crippen LogP contribution in [-0.2, 0) is 20.6 Å². The van der Waals surface area contributed by atoms with E-state index in [1.54, 1.807) is 29.3 Å². The minimum absolute atomic E-state index is 0.0572. The number of sulfonamides is 1. The van der Waals surface area contributed by atoms with E-state index < -0.39 is 10.0 Å². The van der Waals surface area contributed by atoms with E-state index in [0.29, 0.717) is 23.7 Å². The van der Waals surface area contributed by atoms with Crippen molar-refractivity contribution in [3.8, 4) is 0 Å². The molecular weight excluding hydrogens is 436 g/mol. The number of hydrogen-bond acceptors (Lipinski definition) is 5. The Morgan fingerprint density at radius 2 is 2.07 bits per heavy atom. The molecule has 1 saturated heterocycles. The van der Waals surface area contributed by atoms with Gasteiger partial charge >= 0.3 is 0 Å². The summed E-state index contributed by atoms with van der Waals surface area (Å²) in [5, 5.41) is 5.43. The Morgan fingerprint density at radius 1 is 1.29 bits per heavy atom. The van der Waals surface area contributed by atoms with Crippen LogP contribution in [0.2, 0.25) is 5.02 Å². The normalized spacial score (nSPS) is 18.1. The summed E-state index contributed by atoms with van der Waals surface area (Å²) >= 11 is 8.83. The molecule has 0 bridgehead atoms. The number of hydrogen-bond donors (Lipinski definition) is 1. The standard InChI is InChI=1S/C19H23ClN2O3S3/c20-17-7-5-15(6-8-17)14-26-12-9-21-19(23)16-3-1-10-22(13-16)28(24,25)18-4-2-11-27-18/h2,4-8,11,16H,1,3,9-10,12-14H2,(H,21,23). The van der Waals surface area contributed by atoms with Gasteiger partial charge in [-0.3, -0.25) is 4.79 Å². The van der Waals surface area contributed by atoms with Crippen LogP contribution >= 0.6 is 34.7 Å². The number of thioether (sulfide) groups is 1. The third kappa shape index (κ3) is 5.73. The molecule has 5 nitrogen and oxygen atoms in total. The van der Waals surface area contributed by atoms with Gasteiger partial charge in [0.05, 0.1) is 5.92 Å². The Kier molecular flexibility index (Phi) is 7.82. The summed E-state index contributed by atoms with van der Waals surface area (Å²) in [5.74, 6) is 1.32. The van der Waals surface area contributed by atoms with Crippen LogP contribution in [0.1, 0.15) is 18.4 Å². The topological polar surface area (TPSA) is 66.5 Å². The maximum absolute atomic E-state index is 12.7. The Bertz CT molecular complexity index is 870. The third-order valence-corrected chi connectivity index (χ3v) is 9.09. The van der Waals surface area contributed by atoms with Crippen LogP contribution in [0.4, 0.5) is 0 Å². The van der Waals surface area contributed by atoms with Gasteiger partial charge in [-0.2, -0.15) is 16.1 Å². The number of nitrogens with one attached hydrogen (secondary N) is 1. The first-order chi connectivity index (χ1) is 13.5. The first-order valence-electron chi connectivity index (χ1n) is 9.10. The molecule has 2 heterocycles. The number of amides is 1. The first-order valence-corrected chi connectivity index (χ1v) is 13.0. The minimum atomic E-state index is -3.49. The molecule has 28 heavy (non-hydrogen) atoms. The molecule has 1 aromatic carbocycles. The van der Waals surface area contributed by atoms with Crippen LogP contribution in [0.15, 0.2) is 46.0 Å². The fraction of sp³-hybridized carbons (Fsp3) is 0.421. The van der Waals surface area contributed by atoms with Gasteiger partial charge in [0, 0.05) is 36.2 Å². The summed E-state index contributed by atoms with van der Waals surface area (Å²) in [4.78, 5) is 12.5. The summed E-state index contributed by atoms with van der Waals surface area (Å²) in [6.45, 7) is 1.30. The number of piperidine rings is 1. The molecule has 3 rings (SSSR count). The Morgan fingerprint density at radius 3 is 2.79 bits per heavy atom. The van der Waals surface area contributed by atoms with Gasteiger partial charge in [0.25, 0.3) is 10.0 Å². The van der Waals surface area contributed by atoms with E-state index in [0.717, 1.165) is 22.9 Å². The highest BCUT2D eigenvalue weighted by atomic mass is 35.5. The zero-order valence-electron chi connectivity index (χ0n) is 15.3. The quantitative estimate of drug-likeness (QED) is 0.610. The smallest absolute Gasteiger partial charge is 0.252 e. The van der Waals surface area contributed by atoms with Crippen molar-refractivity contribution in [1.29, 1.82) is 0 Å². The van der Waals surface area contributed by atoms with Gasteiger partial charge in [0.15, 0.2) is 0 Å². The van der Waals surface area contributed by atoms with Crippen molar-refractivity contribution in [3.05, 3.63) is 52.4 Å². The van der Waals surface area contributed by atoms with Crippen molar-refractivity contribution < 1.29 is 13.2 Å². The van der Waals surface area contributed by atoms with Crippen molar-refractivity contribution in [2.45, 2.75) is 22.8 Å². The van der Waals surface area contributed by atoms with Gasteiger partial charge in [-0.15, -0.1) is 11.3 Å². The number of carbonyl (C=O) groups excluding carboxylic acids is 1. The van der Waals surface area contributed by atoms with Crippen LogP contribution in [0, 0.1) is 5.92 Å². The highest BCUT2D eigenvalue weighted by Crippen LogP contribution is 2.26. The molecule has 1 unspecified atom stereocenters. The molecule has 0 aliphatic carbocycles. The predicted molar refractivity (Wildman–Crippen MR) is 116 cm³/mol. The molecular formula is C19H23ClN2O3S3. The van der Waals surface area contributed by atoms with E-state index >= 15 is 0 Å². The molecule has 1 aliphatic heterocycles. The molecule has 9 heteroatoms. The van der Waals surface area contributed by atoms with Crippen LogP contribution in [0.3, 0.4) is 0 Å². The number of thiophene rings is 1. The number of rotatable bonds is 8. The van der Waals surface area contributed by atoms with Crippen molar-refractivity contribution in [2.24, 2.45) is 5.92 Å². The van der Waals surface area contributed by atoms with Gasteiger partial charge in [0.1, 0.15) is 4.21 Å². The summed E-state index contributed by atoms with van der Waals surface area (Å²) in [6, 6.07) is 11.1. The fourth-order valence-electron chi connectivity index (χ4n) is 3.07. The molecule has 0 saturated carbocycles. The van der Waals surface area contributed by atoms with Crippen molar-refractivity contribution in [3.63, 3.8) is 0 Å².